The van der Waals surface area contributed by atoms with Gasteiger partial charge in [-0.15, -0.1) is 0 Å². The van der Waals surface area contributed by atoms with E-state index in [2.05, 4.69) is 4.74 Å². The molecule has 76 valence electrons. The lowest BCUT2D eigenvalue weighted by atomic mass is 10.0. The quantitative estimate of drug-likeness (QED) is 0.750. The van der Waals surface area contributed by atoms with Gasteiger partial charge < -0.3 is 9.84 Å². The number of rotatable bonds is 3. The van der Waals surface area contributed by atoms with Gasteiger partial charge in [0.1, 0.15) is 11.3 Å². The highest BCUT2D eigenvalue weighted by Gasteiger charge is 2.15. The van der Waals surface area contributed by atoms with Gasteiger partial charge in [0.15, 0.2) is 0 Å². The molecule has 3 nitrogen and oxygen atoms in total. The van der Waals surface area contributed by atoms with Crippen molar-refractivity contribution in [3.05, 3.63) is 29.3 Å². The fourth-order valence-electron chi connectivity index (χ4n) is 1.40. The number of methoxy groups -OCH3 is 1. The van der Waals surface area contributed by atoms with Crippen LogP contribution in [0.5, 0.6) is 5.75 Å². The van der Waals surface area contributed by atoms with E-state index in [0.717, 1.165) is 18.4 Å². The number of esters is 1. The maximum atomic E-state index is 11.3. The Balaban J connectivity index is 3.15. The van der Waals surface area contributed by atoms with Crippen LogP contribution in [0.15, 0.2) is 18.2 Å². The highest BCUT2D eigenvalue weighted by Crippen LogP contribution is 2.22. The number of phenolic OH excluding ortho intramolecular Hbond substituents is 1. The Labute approximate surface area is 83.3 Å². The lowest BCUT2D eigenvalue weighted by molar-refractivity contribution is 0.0596. The molecular weight excluding hydrogens is 180 g/mol. The molecule has 1 rings (SSSR count). The summed E-state index contributed by atoms with van der Waals surface area (Å²) < 4.78 is 4.61. The van der Waals surface area contributed by atoms with Crippen molar-refractivity contribution in [1.82, 2.24) is 0 Å². The maximum absolute atomic E-state index is 11.3. The number of carbonyl (C=O) groups is 1. The standard InChI is InChI=1S/C11H14O3/c1-3-5-8-6-4-7-9(12)10(8)11(13)14-2/h4,6-7,12H,3,5H2,1-2H3. The number of benzene rings is 1. The first-order valence-electron chi connectivity index (χ1n) is 4.59. The predicted molar refractivity (Wildman–Crippen MR) is 53.4 cm³/mol. The summed E-state index contributed by atoms with van der Waals surface area (Å²) in [6.45, 7) is 2.02. The molecule has 0 aromatic heterocycles. The van der Waals surface area contributed by atoms with Gasteiger partial charge in [-0.05, 0) is 18.1 Å². The second kappa shape index (κ2) is 4.65. The zero-order valence-corrected chi connectivity index (χ0v) is 8.41. The second-order valence-corrected chi connectivity index (χ2v) is 3.05. The summed E-state index contributed by atoms with van der Waals surface area (Å²) in [6, 6.07) is 5.05. The summed E-state index contributed by atoms with van der Waals surface area (Å²) in [6.07, 6.45) is 1.69. The van der Waals surface area contributed by atoms with E-state index >= 15 is 0 Å². The van der Waals surface area contributed by atoms with Crippen LogP contribution in [0.1, 0.15) is 29.3 Å². The Hall–Kier alpha value is -1.51. The van der Waals surface area contributed by atoms with Crippen molar-refractivity contribution in [2.75, 3.05) is 7.11 Å². The first-order chi connectivity index (χ1) is 6.70. The number of aromatic hydroxyl groups is 1. The van der Waals surface area contributed by atoms with Gasteiger partial charge in [0, 0.05) is 0 Å². The molecule has 0 unspecified atom stereocenters. The molecule has 0 radical (unpaired) electrons. The Morgan fingerprint density at radius 1 is 1.50 bits per heavy atom. The molecular formula is C11H14O3. The van der Waals surface area contributed by atoms with Gasteiger partial charge in [-0.25, -0.2) is 4.79 Å². The minimum atomic E-state index is -0.480. The average Bonchev–Trinajstić information content (AvgIpc) is 2.18. The molecule has 0 bridgehead atoms. The molecule has 0 aliphatic rings. The van der Waals surface area contributed by atoms with Crippen molar-refractivity contribution in [1.29, 1.82) is 0 Å². The first kappa shape index (κ1) is 10.6. The molecule has 0 atom stereocenters. The predicted octanol–water partition coefficient (Wildman–Crippen LogP) is 2.13. The summed E-state index contributed by atoms with van der Waals surface area (Å²) >= 11 is 0. The number of aryl methyl sites for hydroxylation is 1. The second-order valence-electron chi connectivity index (χ2n) is 3.05. The van der Waals surface area contributed by atoms with Gasteiger partial charge in [-0.3, -0.25) is 0 Å². The third-order valence-electron chi connectivity index (χ3n) is 2.04. The van der Waals surface area contributed by atoms with Crippen molar-refractivity contribution >= 4 is 5.97 Å². The van der Waals surface area contributed by atoms with Crippen LogP contribution >= 0.6 is 0 Å². The molecule has 1 N–H and O–H groups in total. The van der Waals surface area contributed by atoms with Crippen molar-refractivity contribution in [2.24, 2.45) is 0 Å². The molecule has 1 aromatic rings. The van der Waals surface area contributed by atoms with E-state index in [1.807, 2.05) is 13.0 Å². The molecule has 0 heterocycles. The Morgan fingerprint density at radius 2 is 2.21 bits per heavy atom. The van der Waals surface area contributed by atoms with Crippen LogP contribution in [0.4, 0.5) is 0 Å². The lowest BCUT2D eigenvalue weighted by Gasteiger charge is -2.08. The summed E-state index contributed by atoms with van der Waals surface area (Å²) in [7, 11) is 1.31. The summed E-state index contributed by atoms with van der Waals surface area (Å²) in [5.41, 5.74) is 1.12. The molecule has 0 aliphatic carbocycles. The van der Waals surface area contributed by atoms with E-state index < -0.39 is 5.97 Å². The number of carbonyl (C=O) groups excluding carboxylic acids is 1. The van der Waals surface area contributed by atoms with Crippen LogP contribution in [0.3, 0.4) is 0 Å². The number of hydrogen-bond acceptors (Lipinski definition) is 3. The van der Waals surface area contributed by atoms with Crippen molar-refractivity contribution in [3.63, 3.8) is 0 Å². The third-order valence-corrected chi connectivity index (χ3v) is 2.04. The molecule has 0 aliphatic heterocycles. The Bertz CT molecular complexity index is 331. The molecule has 14 heavy (non-hydrogen) atoms. The van der Waals surface area contributed by atoms with E-state index in [0.29, 0.717) is 0 Å². The van der Waals surface area contributed by atoms with Crippen LogP contribution in [0.25, 0.3) is 0 Å². The largest absolute Gasteiger partial charge is 0.507 e. The average molecular weight is 194 g/mol. The molecule has 3 heteroatoms. The van der Waals surface area contributed by atoms with Crippen molar-refractivity contribution < 1.29 is 14.6 Å². The fourth-order valence-corrected chi connectivity index (χ4v) is 1.40. The normalized spacial score (nSPS) is 9.86. The van der Waals surface area contributed by atoms with Crippen LogP contribution in [-0.4, -0.2) is 18.2 Å². The Kier molecular flexibility index (Phi) is 3.51. The smallest absolute Gasteiger partial charge is 0.341 e. The third kappa shape index (κ3) is 2.05. The minimum Gasteiger partial charge on any atom is -0.507 e. The van der Waals surface area contributed by atoms with Gasteiger partial charge in [-0.2, -0.15) is 0 Å². The van der Waals surface area contributed by atoms with E-state index in [-0.39, 0.29) is 11.3 Å². The number of hydrogen-bond donors (Lipinski definition) is 1. The lowest BCUT2D eigenvalue weighted by Crippen LogP contribution is -2.05. The molecule has 0 fully saturated rings. The van der Waals surface area contributed by atoms with Gasteiger partial charge >= 0.3 is 5.97 Å². The van der Waals surface area contributed by atoms with Crippen molar-refractivity contribution in [3.8, 4) is 5.75 Å². The number of ether oxygens (including phenoxy) is 1. The van der Waals surface area contributed by atoms with Gasteiger partial charge in [0.25, 0.3) is 0 Å². The summed E-state index contributed by atoms with van der Waals surface area (Å²) in [5.74, 6) is -0.491. The molecule has 0 spiro atoms. The molecule has 1 aromatic carbocycles. The van der Waals surface area contributed by atoms with Gasteiger partial charge in [-0.1, -0.05) is 25.5 Å². The van der Waals surface area contributed by atoms with Crippen LogP contribution in [-0.2, 0) is 11.2 Å². The topological polar surface area (TPSA) is 46.5 Å². The summed E-state index contributed by atoms with van der Waals surface area (Å²) in [5, 5.41) is 9.52. The minimum absolute atomic E-state index is 0.0113. The molecule has 0 amide bonds. The maximum Gasteiger partial charge on any atom is 0.341 e. The van der Waals surface area contributed by atoms with Gasteiger partial charge in [0.2, 0.25) is 0 Å². The van der Waals surface area contributed by atoms with E-state index in [1.54, 1.807) is 6.07 Å². The van der Waals surface area contributed by atoms with Crippen LogP contribution in [0.2, 0.25) is 0 Å². The van der Waals surface area contributed by atoms with Crippen molar-refractivity contribution in [2.45, 2.75) is 19.8 Å². The van der Waals surface area contributed by atoms with E-state index in [1.165, 1.54) is 13.2 Å². The highest BCUT2D eigenvalue weighted by atomic mass is 16.5. The zero-order chi connectivity index (χ0) is 10.6. The van der Waals surface area contributed by atoms with Crippen LogP contribution < -0.4 is 0 Å². The highest BCUT2D eigenvalue weighted by molar-refractivity contribution is 5.94. The monoisotopic (exact) mass is 194 g/mol. The van der Waals surface area contributed by atoms with E-state index in [4.69, 9.17) is 0 Å². The Morgan fingerprint density at radius 3 is 2.79 bits per heavy atom. The van der Waals surface area contributed by atoms with Crippen LogP contribution in [0, 0.1) is 0 Å². The summed E-state index contributed by atoms with van der Waals surface area (Å²) in [4.78, 5) is 11.3. The fraction of sp³-hybridized carbons (Fsp3) is 0.364. The SMILES string of the molecule is CCCc1cccc(O)c1C(=O)OC. The zero-order valence-electron chi connectivity index (χ0n) is 8.41. The first-order valence-corrected chi connectivity index (χ1v) is 4.59. The number of phenols is 1. The van der Waals surface area contributed by atoms with E-state index in [9.17, 15) is 9.90 Å². The van der Waals surface area contributed by atoms with Gasteiger partial charge in [0.05, 0.1) is 7.11 Å². The molecule has 0 saturated heterocycles. The molecule has 0 saturated carbocycles.